The van der Waals surface area contributed by atoms with Crippen LogP contribution in [0.25, 0.3) is 10.2 Å². The zero-order valence-corrected chi connectivity index (χ0v) is 10.4. The number of rotatable bonds is 0. The van der Waals surface area contributed by atoms with Crippen molar-refractivity contribution in [3.8, 4) is 0 Å². The average Bonchev–Trinajstić information content (AvgIpc) is 2.31. The summed E-state index contributed by atoms with van der Waals surface area (Å²) in [5.74, 6) is -0.720. The van der Waals surface area contributed by atoms with Crippen LogP contribution >= 0.6 is 11.3 Å². The van der Waals surface area contributed by atoms with Gasteiger partial charge in [-0.15, -0.1) is 10.9 Å². The molecule has 0 saturated carbocycles. The number of aromatic nitrogens is 1. The molecule has 0 fully saturated rings. The maximum Gasteiger partial charge on any atom is 0.407 e. The molecule has 1 N–H and O–H groups in total. The first-order chi connectivity index (χ1) is 5.68. The molecule has 2 aromatic rings. The SMILES string of the molecule is Cc1[c-]sc2[nH]c(=O)oc(=O)c12.[Y]. The number of H-pyrrole nitrogens is 1. The van der Waals surface area contributed by atoms with Crippen molar-refractivity contribution in [1.82, 2.24) is 4.98 Å². The van der Waals surface area contributed by atoms with Crippen molar-refractivity contribution in [3.63, 3.8) is 0 Å². The second kappa shape index (κ2) is 3.86. The fraction of sp³-hybridized carbons (Fsp3) is 0.143. The van der Waals surface area contributed by atoms with Crippen LogP contribution in [0, 0.1) is 12.3 Å². The molecule has 0 amide bonds. The first-order valence-electron chi connectivity index (χ1n) is 3.22. The number of fused-ring (bicyclic) bond motifs is 1. The van der Waals surface area contributed by atoms with E-state index in [2.05, 4.69) is 14.8 Å². The van der Waals surface area contributed by atoms with E-state index in [0.29, 0.717) is 15.8 Å². The van der Waals surface area contributed by atoms with Gasteiger partial charge in [0.05, 0.1) is 0 Å². The number of nitrogens with one attached hydrogen (secondary N) is 1. The van der Waals surface area contributed by atoms with Crippen molar-refractivity contribution >= 4 is 21.6 Å². The van der Waals surface area contributed by atoms with Gasteiger partial charge in [-0.05, 0) is 4.83 Å². The summed E-state index contributed by atoms with van der Waals surface area (Å²) in [6.45, 7) is 1.74. The summed E-state index contributed by atoms with van der Waals surface area (Å²) in [5.41, 5.74) is 0.115. The maximum absolute atomic E-state index is 11.1. The number of thiophene rings is 1. The second-order valence-corrected chi connectivity index (χ2v) is 3.15. The van der Waals surface area contributed by atoms with Gasteiger partial charge < -0.3 is 9.40 Å². The van der Waals surface area contributed by atoms with Gasteiger partial charge in [-0.2, -0.15) is 0 Å². The Hall–Kier alpha value is -0.256. The summed E-state index contributed by atoms with van der Waals surface area (Å²) in [4.78, 5) is 24.7. The minimum atomic E-state index is -0.720. The zero-order chi connectivity index (χ0) is 8.72. The second-order valence-electron chi connectivity index (χ2n) is 2.34. The van der Waals surface area contributed by atoms with Gasteiger partial charge in [0.15, 0.2) is 0 Å². The van der Waals surface area contributed by atoms with Gasteiger partial charge in [-0.1, -0.05) is 12.3 Å². The molecule has 0 aliphatic rings. The molecule has 65 valence electrons. The standard InChI is InChI=1S/C7H4NO3S.Y/c1-3-2-12-5-4(3)6(9)11-7(10)8-5;/h1H3,(H,8,10);/q-1;. The van der Waals surface area contributed by atoms with E-state index in [0.717, 1.165) is 0 Å². The summed E-state index contributed by atoms with van der Waals surface area (Å²) >= 11 is 1.20. The Morgan fingerprint density at radius 1 is 1.46 bits per heavy atom. The quantitative estimate of drug-likeness (QED) is 0.715. The molecular weight excluding hydrogens is 267 g/mol. The molecule has 0 spiro atoms. The maximum atomic E-state index is 11.1. The predicted octanol–water partition coefficient (Wildman–Crippen LogP) is 0.649. The number of aromatic amines is 1. The molecule has 13 heavy (non-hydrogen) atoms. The largest absolute Gasteiger partial charge is 0.407 e. The van der Waals surface area contributed by atoms with Crippen LogP contribution in [0.1, 0.15) is 5.56 Å². The average molecular weight is 271 g/mol. The monoisotopic (exact) mass is 271 g/mol. The van der Waals surface area contributed by atoms with Crippen LogP contribution in [0.5, 0.6) is 0 Å². The van der Waals surface area contributed by atoms with E-state index in [-0.39, 0.29) is 32.7 Å². The van der Waals surface area contributed by atoms with E-state index in [9.17, 15) is 9.59 Å². The molecule has 1 radical (unpaired) electrons. The number of hydrogen-bond donors (Lipinski definition) is 1. The molecule has 2 heterocycles. The molecular formula is C7H4NO3SY-. The van der Waals surface area contributed by atoms with Crippen molar-refractivity contribution in [2.45, 2.75) is 6.92 Å². The van der Waals surface area contributed by atoms with Gasteiger partial charge in [-0.3, -0.25) is 16.1 Å². The van der Waals surface area contributed by atoms with Crippen molar-refractivity contribution < 1.29 is 37.1 Å². The third kappa shape index (κ3) is 1.82. The molecule has 0 bridgehead atoms. The first-order valence-corrected chi connectivity index (χ1v) is 4.04. The van der Waals surface area contributed by atoms with E-state index in [1.54, 1.807) is 6.92 Å². The van der Waals surface area contributed by atoms with E-state index in [1.165, 1.54) is 11.3 Å². The van der Waals surface area contributed by atoms with Gasteiger partial charge >= 0.3 is 5.76 Å². The molecule has 0 aromatic carbocycles. The van der Waals surface area contributed by atoms with Crippen molar-refractivity contribution in [1.29, 1.82) is 0 Å². The fourth-order valence-corrected chi connectivity index (χ4v) is 1.82. The van der Waals surface area contributed by atoms with Crippen molar-refractivity contribution in [2.75, 3.05) is 0 Å². The summed E-state index contributed by atoms with van der Waals surface area (Å²) in [6, 6.07) is 0. The zero-order valence-electron chi connectivity index (χ0n) is 6.71. The molecule has 0 unspecified atom stereocenters. The normalized spacial score (nSPS) is 9.92. The Morgan fingerprint density at radius 2 is 2.15 bits per heavy atom. The molecule has 0 aliphatic carbocycles. The summed E-state index contributed by atoms with van der Waals surface area (Å²) in [5, 5.41) is 3.27. The first kappa shape index (κ1) is 10.8. The van der Waals surface area contributed by atoms with E-state index in [1.807, 2.05) is 0 Å². The van der Waals surface area contributed by atoms with Gasteiger partial charge in [0, 0.05) is 32.7 Å². The van der Waals surface area contributed by atoms with E-state index < -0.39 is 11.4 Å². The van der Waals surface area contributed by atoms with Crippen LogP contribution in [0.4, 0.5) is 0 Å². The molecule has 2 rings (SSSR count). The van der Waals surface area contributed by atoms with Crippen LogP contribution < -0.4 is 11.4 Å². The molecule has 2 aromatic heterocycles. The molecule has 6 heteroatoms. The van der Waals surface area contributed by atoms with Crippen LogP contribution in [0.15, 0.2) is 14.0 Å². The van der Waals surface area contributed by atoms with Crippen LogP contribution in [0.2, 0.25) is 0 Å². The Bertz CT molecular complexity index is 538. The van der Waals surface area contributed by atoms with Gasteiger partial charge in [0.2, 0.25) is 0 Å². The van der Waals surface area contributed by atoms with E-state index in [4.69, 9.17) is 0 Å². The molecule has 0 saturated heterocycles. The Labute approximate surface area is 102 Å². The van der Waals surface area contributed by atoms with E-state index >= 15 is 0 Å². The Kier molecular flexibility index (Phi) is 3.21. The van der Waals surface area contributed by atoms with Crippen LogP contribution in [-0.4, -0.2) is 4.98 Å². The van der Waals surface area contributed by atoms with Crippen LogP contribution in [-0.2, 0) is 32.7 Å². The fourth-order valence-electron chi connectivity index (χ4n) is 0.987. The summed E-state index contributed by atoms with van der Waals surface area (Å²) in [6.07, 6.45) is 0. The van der Waals surface area contributed by atoms with Crippen molar-refractivity contribution in [3.05, 3.63) is 31.9 Å². The van der Waals surface area contributed by atoms with Crippen molar-refractivity contribution in [2.24, 2.45) is 0 Å². The molecule has 0 atom stereocenters. The summed E-state index contributed by atoms with van der Waals surface area (Å²) in [7, 11) is 0. The Balaban J connectivity index is 0.000000845. The third-order valence-corrected chi connectivity index (χ3v) is 2.43. The smallest absolute Gasteiger partial charge is 0.384 e. The van der Waals surface area contributed by atoms with Gasteiger partial charge in [0.25, 0.3) is 5.63 Å². The number of hydrogen-bond acceptors (Lipinski definition) is 4. The molecule has 0 aliphatic heterocycles. The summed E-state index contributed by atoms with van der Waals surface area (Å²) < 4.78 is 4.35. The predicted molar refractivity (Wildman–Crippen MR) is 44.6 cm³/mol. The minimum Gasteiger partial charge on any atom is -0.384 e. The third-order valence-electron chi connectivity index (χ3n) is 1.51. The topological polar surface area (TPSA) is 63.1 Å². The molecule has 4 nitrogen and oxygen atoms in total. The number of aryl methyl sites for hydroxylation is 1. The minimum absolute atomic E-state index is 0. The Morgan fingerprint density at radius 3 is 2.85 bits per heavy atom. The van der Waals surface area contributed by atoms with Crippen LogP contribution in [0.3, 0.4) is 0 Å². The van der Waals surface area contributed by atoms with Gasteiger partial charge in [-0.25, -0.2) is 4.79 Å². The van der Waals surface area contributed by atoms with Gasteiger partial charge in [0.1, 0.15) is 0 Å².